The Hall–Kier alpha value is -3.34. The molecular formula is C18H20N6O4S. The van der Waals surface area contributed by atoms with E-state index in [1.165, 1.54) is 17.1 Å². The molecule has 0 aliphatic rings. The van der Waals surface area contributed by atoms with Crippen molar-refractivity contribution in [3.05, 3.63) is 52.9 Å². The van der Waals surface area contributed by atoms with Crippen molar-refractivity contribution in [2.75, 3.05) is 6.26 Å². The molecule has 0 saturated heterocycles. The summed E-state index contributed by atoms with van der Waals surface area (Å²) < 4.78 is 25.3. The molecule has 0 saturated carbocycles. The predicted molar refractivity (Wildman–Crippen MR) is 106 cm³/mol. The largest absolute Gasteiger partial charge is 0.370 e. The Morgan fingerprint density at radius 2 is 1.79 bits per heavy atom. The number of tetrazole rings is 1. The number of carbonyl (C=O) groups is 1. The highest BCUT2D eigenvalue weighted by Crippen LogP contribution is 2.23. The molecule has 1 amide bonds. The Kier molecular flexibility index (Phi) is 5.59. The Morgan fingerprint density at radius 3 is 2.31 bits per heavy atom. The number of pyridine rings is 1. The van der Waals surface area contributed by atoms with Crippen LogP contribution in [0.25, 0.3) is 22.5 Å². The number of primary amides is 1. The second-order valence-electron chi connectivity index (χ2n) is 6.63. The Balaban J connectivity index is 1.90. The first-order valence-electron chi connectivity index (χ1n) is 8.69. The van der Waals surface area contributed by atoms with Crippen LogP contribution in [0.15, 0.2) is 47.4 Å². The van der Waals surface area contributed by atoms with Crippen LogP contribution >= 0.6 is 0 Å². The smallest absolute Gasteiger partial charge is 0.252 e. The highest BCUT2D eigenvalue weighted by atomic mass is 32.2. The van der Waals surface area contributed by atoms with Gasteiger partial charge < -0.3 is 5.73 Å². The summed E-state index contributed by atoms with van der Waals surface area (Å²) in [5.41, 5.74) is 6.82. The van der Waals surface area contributed by atoms with Gasteiger partial charge in [0.1, 0.15) is 5.37 Å². The lowest BCUT2D eigenvalue weighted by Crippen LogP contribution is -2.29. The minimum atomic E-state index is -3.61. The van der Waals surface area contributed by atoms with Crippen molar-refractivity contribution in [1.29, 1.82) is 0 Å². The first kappa shape index (κ1) is 20.4. The number of carbonyl (C=O) groups excluding carboxylic acids is 1. The van der Waals surface area contributed by atoms with Crippen LogP contribution in [0.3, 0.4) is 0 Å². The lowest BCUT2D eigenvalue weighted by molar-refractivity contribution is -0.118. The van der Waals surface area contributed by atoms with E-state index in [0.29, 0.717) is 11.4 Å². The Labute approximate surface area is 166 Å². The maximum absolute atomic E-state index is 12.6. The van der Waals surface area contributed by atoms with Crippen molar-refractivity contribution in [2.24, 2.45) is 12.8 Å². The minimum absolute atomic E-state index is 0.0623. The second-order valence-corrected chi connectivity index (χ2v) is 8.83. The Morgan fingerprint density at radius 1 is 1.14 bits per heavy atom. The maximum Gasteiger partial charge on any atom is 0.252 e. The van der Waals surface area contributed by atoms with Gasteiger partial charge in [0.05, 0.1) is 7.05 Å². The second kappa shape index (κ2) is 7.95. The van der Waals surface area contributed by atoms with Crippen LogP contribution in [-0.4, -0.2) is 45.4 Å². The van der Waals surface area contributed by atoms with Crippen LogP contribution in [0.2, 0.25) is 0 Å². The van der Waals surface area contributed by atoms with Gasteiger partial charge in [0.25, 0.3) is 5.56 Å². The average molecular weight is 416 g/mol. The number of nitrogens with zero attached hydrogens (tertiary/aromatic N) is 5. The number of sulfone groups is 1. The molecule has 1 aromatic carbocycles. The molecule has 0 aliphatic carbocycles. The third-order valence-electron chi connectivity index (χ3n) is 4.38. The number of aryl methyl sites for hydroxylation is 1. The zero-order valence-corrected chi connectivity index (χ0v) is 16.7. The molecule has 152 valence electrons. The fourth-order valence-corrected chi connectivity index (χ4v) is 4.08. The van der Waals surface area contributed by atoms with E-state index in [9.17, 15) is 18.0 Å². The van der Waals surface area contributed by atoms with Gasteiger partial charge in [-0.1, -0.05) is 24.3 Å². The molecule has 0 fully saturated rings. The van der Waals surface area contributed by atoms with Gasteiger partial charge in [0.2, 0.25) is 11.7 Å². The van der Waals surface area contributed by atoms with Crippen LogP contribution in [0.1, 0.15) is 18.2 Å². The van der Waals surface area contributed by atoms with E-state index in [1.54, 1.807) is 13.1 Å². The Bertz CT molecular complexity index is 1200. The topological polar surface area (TPSA) is 143 Å². The summed E-state index contributed by atoms with van der Waals surface area (Å²) >= 11 is 0. The predicted octanol–water partition coefficient (Wildman–Crippen LogP) is 0.514. The van der Waals surface area contributed by atoms with Crippen molar-refractivity contribution < 1.29 is 13.2 Å². The SMILES string of the molecule is Cn1nnc(-c2ccc(-c3ccn(C(CCC(N)=O)S(C)(=O)=O)c(=O)c3)cc2)n1. The van der Waals surface area contributed by atoms with Crippen LogP contribution in [0.5, 0.6) is 0 Å². The maximum atomic E-state index is 12.6. The van der Waals surface area contributed by atoms with Crippen LogP contribution in [0, 0.1) is 0 Å². The fraction of sp³-hybridized carbons (Fsp3) is 0.278. The molecule has 10 nitrogen and oxygen atoms in total. The van der Waals surface area contributed by atoms with Crippen LogP contribution in [0.4, 0.5) is 0 Å². The molecule has 1 atom stereocenters. The zero-order valence-electron chi connectivity index (χ0n) is 15.9. The molecule has 2 heterocycles. The third-order valence-corrected chi connectivity index (χ3v) is 5.83. The van der Waals surface area contributed by atoms with E-state index in [2.05, 4.69) is 15.4 Å². The van der Waals surface area contributed by atoms with E-state index in [0.717, 1.165) is 21.9 Å². The standard InChI is InChI=1S/C18H20N6O4S/c1-23-21-18(20-22-23)13-5-3-12(4-6-13)14-9-10-24(16(26)11-14)17(29(2,27)28)8-7-15(19)25/h3-6,9-11,17H,7-8H2,1-2H3,(H2,19,25). The summed E-state index contributed by atoms with van der Waals surface area (Å²) in [5, 5.41) is 10.7. The molecule has 0 aliphatic heterocycles. The summed E-state index contributed by atoms with van der Waals surface area (Å²) in [7, 11) is -1.94. The number of nitrogens with two attached hydrogens (primary N) is 1. The molecule has 0 spiro atoms. The highest BCUT2D eigenvalue weighted by molar-refractivity contribution is 7.90. The lowest BCUT2D eigenvalue weighted by atomic mass is 10.0. The molecule has 3 aromatic rings. The fourth-order valence-electron chi connectivity index (χ4n) is 2.94. The molecule has 11 heteroatoms. The van der Waals surface area contributed by atoms with Gasteiger partial charge in [-0.25, -0.2) is 8.42 Å². The van der Waals surface area contributed by atoms with E-state index in [1.807, 2.05) is 24.3 Å². The number of aromatic nitrogens is 5. The number of benzene rings is 1. The van der Waals surface area contributed by atoms with Crippen LogP contribution in [-0.2, 0) is 21.7 Å². The molecule has 2 aromatic heterocycles. The molecule has 0 bridgehead atoms. The molecule has 3 rings (SSSR count). The summed E-state index contributed by atoms with van der Waals surface area (Å²) in [6, 6.07) is 10.3. The van der Waals surface area contributed by atoms with Gasteiger partial charge in [-0.05, 0) is 28.8 Å². The first-order valence-corrected chi connectivity index (χ1v) is 10.6. The summed E-state index contributed by atoms with van der Waals surface area (Å²) in [5.74, 6) is -0.138. The molecule has 0 radical (unpaired) electrons. The van der Waals surface area contributed by atoms with Crippen molar-refractivity contribution in [1.82, 2.24) is 24.8 Å². The van der Waals surface area contributed by atoms with Crippen molar-refractivity contribution in [3.63, 3.8) is 0 Å². The zero-order chi connectivity index (χ0) is 21.2. The molecule has 2 N–H and O–H groups in total. The quantitative estimate of drug-likeness (QED) is 0.591. The number of hydrogen-bond acceptors (Lipinski definition) is 7. The monoisotopic (exact) mass is 416 g/mol. The summed E-state index contributed by atoms with van der Waals surface area (Å²) in [6.45, 7) is 0. The minimum Gasteiger partial charge on any atom is -0.370 e. The summed E-state index contributed by atoms with van der Waals surface area (Å²) in [6.07, 6.45) is 2.25. The molecular weight excluding hydrogens is 396 g/mol. The van der Waals surface area contributed by atoms with Gasteiger partial charge in [0.15, 0.2) is 9.84 Å². The van der Waals surface area contributed by atoms with Gasteiger partial charge in [-0.2, -0.15) is 4.80 Å². The van der Waals surface area contributed by atoms with E-state index >= 15 is 0 Å². The van der Waals surface area contributed by atoms with E-state index < -0.39 is 26.7 Å². The normalized spacial score (nSPS) is 12.6. The van der Waals surface area contributed by atoms with Crippen molar-refractivity contribution in [2.45, 2.75) is 18.2 Å². The summed E-state index contributed by atoms with van der Waals surface area (Å²) in [4.78, 5) is 25.0. The van der Waals surface area contributed by atoms with Crippen molar-refractivity contribution >= 4 is 15.7 Å². The third kappa shape index (κ3) is 4.74. The van der Waals surface area contributed by atoms with Gasteiger partial charge in [-0.3, -0.25) is 14.2 Å². The van der Waals surface area contributed by atoms with Gasteiger partial charge >= 0.3 is 0 Å². The van der Waals surface area contributed by atoms with Gasteiger partial charge in [0, 0.05) is 30.5 Å². The number of rotatable bonds is 7. The van der Waals surface area contributed by atoms with E-state index in [4.69, 9.17) is 5.73 Å². The average Bonchev–Trinajstić information content (AvgIpc) is 3.08. The lowest BCUT2D eigenvalue weighted by Gasteiger charge is -2.18. The van der Waals surface area contributed by atoms with Gasteiger partial charge in [-0.15, -0.1) is 10.2 Å². The first-order chi connectivity index (χ1) is 13.6. The van der Waals surface area contributed by atoms with Crippen LogP contribution < -0.4 is 11.3 Å². The van der Waals surface area contributed by atoms with E-state index in [-0.39, 0.29) is 12.8 Å². The highest BCUT2D eigenvalue weighted by Gasteiger charge is 2.24. The molecule has 29 heavy (non-hydrogen) atoms. The number of hydrogen-bond donors (Lipinski definition) is 1. The number of amides is 1. The van der Waals surface area contributed by atoms with Crippen molar-refractivity contribution in [3.8, 4) is 22.5 Å². The molecule has 1 unspecified atom stereocenters.